The zero-order chi connectivity index (χ0) is 11.4. The number of hydrogen-bond acceptors (Lipinski definition) is 4. The number of thiazole rings is 1. The molecule has 0 atom stereocenters. The standard InChI is InChI=1S/C11H12N2O2S/c1-15-5-4-12-11(14)8-2-3-9-10(6-8)16-7-13-9/h2-3,6-7H,4-5H2,1H3,(H,12,14). The van der Waals surface area contributed by atoms with Crippen LogP contribution in [0.25, 0.3) is 10.2 Å². The van der Waals surface area contributed by atoms with Gasteiger partial charge in [0.1, 0.15) is 0 Å². The van der Waals surface area contributed by atoms with Gasteiger partial charge >= 0.3 is 0 Å². The van der Waals surface area contributed by atoms with Crippen molar-refractivity contribution in [3.63, 3.8) is 0 Å². The number of amides is 1. The summed E-state index contributed by atoms with van der Waals surface area (Å²) in [7, 11) is 1.61. The van der Waals surface area contributed by atoms with Crippen LogP contribution in [0.2, 0.25) is 0 Å². The van der Waals surface area contributed by atoms with Gasteiger partial charge in [0.25, 0.3) is 5.91 Å². The first-order valence-electron chi connectivity index (χ1n) is 4.91. The van der Waals surface area contributed by atoms with Crippen molar-refractivity contribution in [2.45, 2.75) is 0 Å². The third-order valence-corrected chi connectivity index (χ3v) is 2.98. The van der Waals surface area contributed by atoms with E-state index < -0.39 is 0 Å². The Hall–Kier alpha value is -1.46. The maximum absolute atomic E-state index is 11.7. The Kier molecular flexibility index (Phi) is 3.48. The molecule has 0 radical (unpaired) electrons. The molecule has 2 aromatic rings. The number of methoxy groups -OCH3 is 1. The van der Waals surface area contributed by atoms with Gasteiger partial charge in [0.05, 0.1) is 22.3 Å². The molecule has 0 spiro atoms. The van der Waals surface area contributed by atoms with Crippen molar-refractivity contribution in [1.82, 2.24) is 10.3 Å². The predicted molar refractivity (Wildman–Crippen MR) is 63.8 cm³/mol. The summed E-state index contributed by atoms with van der Waals surface area (Å²) in [5, 5.41) is 2.78. The minimum Gasteiger partial charge on any atom is -0.383 e. The molecule has 1 aromatic carbocycles. The van der Waals surface area contributed by atoms with Crippen molar-refractivity contribution in [3.05, 3.63) is 29.3 Å². The summed E-state index contributed by atoms with van der Waals surface area (Å²) in [5.41, 5.74) is 3.36. The second-order valence-corrected chi connectivity index (χ2v) is 4.17. The van der Waals surface area contributed by atoms with Crippen LogP contribution in [-0.4, -0.2) is 31.2 Å². The first kappa shape index (κ1) is 11.0. The molecule has 4 nitrogen and oxygen atoms in total. The molecular formula is C11H12N2O2S. The van der Waals surface area contributed by atoms with Gasteiger partial charge in [-0.25, -0.2) is 4.98 Å². The fourth-order valence-electron chi connectivity index (χ4n) is 1.37. The second kappa shape index (κ2) is 5.05. The summed E-state index contributed by atoms with van der Waals surface area (Å²) in [4.78, 5) is 15.9. The number of aromatic nitrogens is 1. The molecule has 16 heavy (non-hydrogen) atoms. The molecule has 84 valence electrons. The van der Waals surface area contributed by atoms with Crippen LogP contribution < -0.4 is 5.32 Å². The third-order valence-electron chi connectivity index (χ3n) is 2.19. The van der Waals surface area contributed by atoms with Crippen LogP contribution in [0.3, 0.4) is 0 Å². The Labute approximate surface area is 97.3 Å². The number of ether oxygens (including phenoxy) is 1. The maximum Gasteiger partial charge on any atom is 0.251 e. The van der Waals surface area contributed by atoms with E-state index in [0.29, 0.717) is 18.7 Å². The van der Waals surface area contributed by atoms with E-state index in [1.807, 2.05) is 12.1 Å². The lowest BCUT2D eigenvalue weighted by Gasteiger charge is -2.03. The highest BCUT2D eigenvalue weighted by Crippen LogP contribution is 2.18. The van der Waals surface area contributed by atoms with Crippen molar-refractivity contribution >= 4 is 27.5 Å². The molecule has 0 aliphatic rings. The Bertz CT molecular complexity index is 495. The molecular weight excluding hydrogens is 224 g/mol. The Morgan fingerprint density at radius 1 is 1.56 bits per heavy atom. The maximum atomic E-state index is 11.7. The van der Waals surface area contributed by atoms with Crippen LogP contribution in [0, 0.1) is 0 Å². The van der Waals surface area contributed by atoms with Crippen molar-refractivity contribution in [1.29, 1.82) is 0 Å². The molecule has 1 amide bonds. The number of rotatable bonds is 4. The molecule has 0 saturated carbocycles. The van der Waals surface area contributed by atoms with Gasteiger partial charge in [0.2, 0.25) is 0 Å². The quantitative estimate of drug-likeness (QED) is 0.822. The van der Waals surface area contributed by atoms with Crippen LogP contribution in [0.4, 0.5) is 0 Å². The number of carbonyl (C=O) groups is 1. The lowest BCUT2D eigenvalue weighted by Crippen LogP contribution is -2.26. The lowest BCUT2D eigenvalue weighted by molar-refractivity contribution is 0.0937. The number of carbonyl (C=O) groups excluding carboxylic acids is 1. The van der Waals surface area contributed by atoms with Crippen LogP contribution in [0.5, 0.6) is 0 Å². The summed E-state index contributed by atoms with van der Waals surface area (Å²) >= 11 is 1.53. The summed E-state index contributed by atoms with van der Waals surface area (Å²) < 4.78 is 5.89. The van der Waals surface area contributed by atoms with Gasteiger partial charge in [-0.15, -0.1) is 11.3 Å². The van der Waals surface area contributed by atoms with Crippen LogP contribution in [-0.2, 0) is 4.74 Å². The Balaban J connectivity index is 2.10. The van der Waals surface area contributed by atoms with Gasteiger partial charge in [0.15, 0.2) is 0 Å². The zero-order valence-corrected chi connectivity index (χ0v) is 9.71. The van der Waals surface area contributed by atoms with Crippen LogP contribution in [0.1, 0.15) is 10.4 Å². The van der Waals surface area contributed by atoms with Crippen LogP contribution in [0.15, 0.2) is 23.7 Å². The van der Waals surface area contributed by atoms with E-state index in [9.17, 15) is 4.79 Å². The highest BCUT2D eigenvalue weighted by molar-refractivity contribution is 7.16. The van der Waals surface area contributed by atoms with E-state index in [1.54, 1.807) is 18.7 Å². The van der Waals surface area contributed by atoms with Gasteiger partial charge < -0.3 is 10.1 Å². The topological polar surface area (TPSA) is 51.2 Å². The number of hydrogen-bond donors (Lipinski definition) is 1. The summed E-state index contributed by atoms with van der Waals surface area (Å²) in [6.07, 6.45) is 0. The third kappa shape index (κ3) is 2.37. The molecule has 2 rings (SSSR count). The molecule has 0 saturated heterocycles. The van der Waals surface area contributed by atoms with E-state index >= 15 is 0 Å². The Morgan fingerprint density at radius 3 is 3.25 bits per heavy atom. The van der Waals surface area contributed by atoms with Gasteiger partial charge in [-0.1, -0.05) is 0 Å². The van der Waals surface area contributed by atoms with E-state index in [-0.39, 0.29) is 5.91 Å². The number of nitrogens with zero attached hydrogens (tertiary/aromatic N) is 1. The summed E-state index contributed by atoms with van der Waals surface area (Å²) in [6, 6.07) is 5.50. The molecule has 5 heteroatoms. The molecule has 1 N–H and O–H groups in total. The number of benzene rings is 1. The predicted octanol–water partition coefficient (Wildman–Crippen LogP) is 1.67. The molecule has 0 aliphatic carbocycles. The SMILES string of the molecule is COCCNC(=O)c1ccc2ncsc2c1. The lowest BCUT2D eigenvalue weighted by atomic mass is 10.2. The highest BCUT2D eigenvalue weighted by atomic mass is 32.1. The molecule has 1 heterocycles. The fourth-order valence-corrected chi connectivity index (χ4v) is 2.08. The number of nitrogens with one attached hydrogen (secondary N) is 1. The van der Waals surface area contributed by atoms with E-state index in [0.717, 1.165) is 10.2 Å². The highest BCUT2D eigenvalue weighted by Gasteiger charge is 2.06. The first-order chi connectivity index (χ1) is 7.81. The van der Waals surface area contributed by atoms with Crippen molar-refractivity contribution < 1.29 is 9.53 Å². The van der Waals surface area contributed by atoms with E-state index in [2.05, 4.69) is 10.3 Å². The molecule has 0 unspecified atom stereocenters. The number of fused-ring (bicyclic) bond motifs is 1. The first-order valence-corrected chi connectivity index (χ1v) is 5.79. The minimum atomic E-state index is -0.0765. The van der Waals surface area contributed by atoms with Crippen molar-refractivity contribution in [2.75, 3.05) is 20.3 Å². The van der Waals surface area contributed by atoms with Crippen LogP contribution >= 0.6 is 11.3 Å². The summed E-state index contributed by atoms with van der Waals surface area (Å²) in [5.74, 6) is -0.0765. The average Bonchev–Trinajstić information content (AvgIpc) is 2.76. The van der Waals surface area contributed by atoms with E-state index in [4.69, 9.17) is 4.74 Å². The van der Waals surface area contributed by atoms with Gasteiger partial charge in [-0.2, -0.15) is 0 Å². The van der Waals surface area contributed by atoms with Gasteiger partial charge in [0, 0.05) is 19.2 Å². The average molecular weight is 236 g/mol. The van der Waals surface area contributed by atoms with Gasteiger partial charge in [-0.05, 0) is 18.2 Å². The molecule has 0 aliphatic heterocycles. The molecule has 0 fully saturated rings. The monoisotopic (exact) mass is 236 g/mol. The smallest absolute Gasteiger partial charge is 0.251 e. The zero-order valence-electron chi connectivity index (χ0n) is 8.90. The summed E-state index contributed by atoms with van der Waals surface area (Å²) in [6.45, 7) is 1.05. The second-order valence-electron chi connectivity index (χ2n) is 3.28. The van der Waals surface area contributed by atoms with Gasteiger partial charge in [-0.3, -0.25) is 4.79 Å². The molecule has 0 bridgehead atoms. The molecule has 1 aromatic heterocycles. The normalized spacial score (nSPS) is 10.6. The van der Waals surface area contributed by atoms with Crippen molar-refractivity contribution in [3.8, 4) is 0 Å². The minimum absolute atomic E-state index is 0.0765. The van der Waals surface area contributed by atoms with E-state index in [1.165, 1.54) is 11.3 Å². The van der Waals surface area contributed by atoms with Crippen molar-refractivity contribution in [2.24, 2.45) is 0 Å². The fraction of sp³-hybridized carbons (Fsp3) is 0.273. The largest absolute Gasteiger partial charge is 0.383 e. The Morgan fingerprint density at radius 2 is 2.44 bits per heavy atom.